The Hall–Kier alpha value is -4.68. The van der Waals surface area contributed by atoms with Crippen LogP contribution in [0.2, 0.25) is 0 Å². The fourth-order valence-electron chi connectivity index (χ4n) is 4.37. The second-order valence-corrected chi connectivity index (χ2v) is 10.1. The van der Waals surface area contributed by atoms with Crippen molar-refractivity contribution in [3.63, 3.8) is 0 Å². The maximum absolute atomic E-state index is 13.3. The summed E-state index contributed by atoms with van der Waals surface area (Å²) in [6.07, 6.45) is 11.8. The molecule has 0 aliphatic rings. The topological polar surface area (TPSA) is 93.3 Å². The van der Waals surface area contributed by atoms with Crippen molar-refractivity contribution in [1.29, 1.82) is 0 Å². The number of oxazole rings is 1. The molecule has 0 aliphatic carbocycles. The molecule has 204 valence electrons. The fourth-order valence-corrected chi connectivity index (χ4v) is 4.70. The summed E-state index contributed by atoms with van der Waals surface area (Å²) in [6.45, 7) is 0.605. The van der Waals surface area contributed by atoms with Crippen LogP contribution in [-0.4, -0.2) is 37.8 Å². The molecule has 3 aromatic carbocycles. The van der Waals surface area contributed by atoms with Gasteiger partial charge in [-0.3, -0.25) is 4.79 Å². The summed E-state index contributed by atoms with van der Waals surface area (Å²) < 4.78 is 9.43. The van der Waals surface area contributed by atoms with E-state index in [1.165, 1.54) is 25.7 Å². The number of amides is 2. The molecule has 1 N–H and O–H groups in total. The summed E-state index contributed by atoms with van der Waals surface area (Å²) in [7, 11) is 1.74. The average molecular weight is 713 g/mol. The zero-order valence-corrected chi connectivity index (χ0v) is 25.2. The van der Waals surface area contributed by atoms with Crippen molar-refractivity contribution < 1.29 is 33.4 Å². The van der Waals surface area contributed by atoms with Gasteiger partial charge in [0.2, 0.25) is 0 Å². The zero-order chi connectivity index (χ0) is 28.6. The van der Waals surface area contributed by atoms with E-state index in [-0.39, 0.29) is 11.8 Å². The molecule has 0 saturated carbocycles. The Morgan fingerprint density at radius 1 is 1.00 bits per heavy atom. The molecule has 0 atom stereocenters. The molecular formula is C32H27N5O3W. The van der Waals surface area contributed by atoms with Gasteiger partial charge in [-0.1, -0.05) is 30.3 Å². The Labute approximate surface area is 248 Å². The number of aromatic nitrogens is 3. The quantitative estimate of drug-likeness (QED) is 0.178. The molecule has 2 heterocycles. The van der Waals surface area contributed by atoms with Crippen molar-refractivity contribution in [1.82, 2.24) is 14.5 Å². The third-order valence-corrected chi connectivity index (χ3v) is 7.03. The molecule has 0 bridgehead atoms. The first-order chi connectivity index (χ1) is 20.0. The van der Waals surface area contributed by atoms with E-state index in [2.05, 4.69) is 20.8 Å². The average Bonchev–Trinajstić information content (AvgIpc) is 3.67. The molecule has 0 aliphatic heterocycles. The van der Waals surface area contributed by atoms with E-state index in [1.54, 1.807) is 48.5 Å². The number of carbonyl (C=O) groups excluding carboxylic acids is 2. The van der Waals surface area contributed by atoms with Crippen molar-refractivity contribution in [2.24, 2.45) is 0 Å². The van der Waals surface area contributed by atoms with E-state index in [1.807, 2.05) is 65.3 Å². The number of aryl methyl sites for hydroxylation is 1. The first kappa shape index (κ1) is 27.9. The first-order valence-electron chi connectivity index (χ1n) is 13.0. The van der Waals surface area contributed by atoms with Crippen molar-refractivity contribution in [2.75, 3.05) is 17.3 Å². The molecule has 0 radical (unpaired) electrons. The van der Waals surface area contributed by atoms with Gasteiger partial charge < -0.3 is 9.32 Å². The van der Waals surface area contributed by atoms with E-state index in [4.69, 9.17) is 9.40 Å². The van der Waals surface area contributed by atoms with Gasteiger partial charge in [0.15, 0.2) is 12.2 Å². The molecule has 41 heavy (non-hydrogen) atoms. The van der Waals surface area contributed by atoms with Gasteiger partial charge in [0, 0.05) is 18.2 Å². The van der Waals surface area contributed by atoms with Crippen LogP contribution in [0.4, 0.5) is 11.6 Å². The number of allylic oxidation sites excluding steroid dienone is 4. The SMILES string of the molecule is CN(C(=O)c1ccccc1)c1ccc2c(c1)nc(NC(=O)c1cccc(-c3cnco3)c1)n2CCC=C/C=C\[CH]=[W]. The Morgan fingerprint density at radius 3 is 2.61 bits per heavy atom. The number of imidazole rings is 1. The molecule has 5 aromatic rings. The Morgan fingerprint density at radius 2 is 1.83 bits per heavy atom. The standard InChI is InChI=1S/C32H27N5O3.W/c1-3-4-5-6-10-18-37-28-17-16-26(36(2)31(39)23-12-8-7-9-13-23)20-27(28)34-32(37)35-30(38)25-15-11-14-24(19-25)29-21-33-22-40-29;/h1,3-9,11-17,19-22H,10,18H2,2H3,(H,34,35,38);/b4-3-,6-5?;. The summed E-state index contributed by atoms with van der Waals surface area (Å²) in [5, 5.41) is 2.99. The molecule has 0 spiro atoms. The monoisotopic (exact) mass is 713 g/mol. The molecule has 8 nitrogen and oxygen atoms in total. The first-order valence-corrected chi connectivity index (χ1v) is 14.6. The van der Waals surface area contributed by atoms with E-state index in [0.29, 0.717) is 40.6 Å². The van der Waals surface area contributed by atoms with Gasteiger partial charge in [0.1, 0.15) is 0 Å². The van der Waals surface area contributed by atoms with Crippen LogP contribution in [0.1, 0.15) is 27.1 Å². The maximum atomic E-state index is 13.3. The molecule has 5 rings (SSSR count). The van der Waals surface area contributed by atoms with E-state index in [0.717, 1.165) is 17.5 Å². The van der Waals surface area contributed by atoms with Gasteiger partial charge in [0.25, 0.3) is 5.91 Å². The van der Waals surface area contributed by atoms with Crippen LogP contribution in [-0.2, 0) is 25.9 Å². The second kappa shape index (κ2) is 13.1. The van der Waals surface area contributed by atoms with E-state index < -0.39 is 0 Å². The fraction of sp³-hybridized carbons (Fsp3) is 0.0938. The number of carbonyl (C=O) groups is 2. The number of hydrogen-bond donors (Lipinski definition) is 1. The van der Waals surface area contributed by atoms with Crippen LogP contribution >= 0.6 is 0 Å². The van der Waals surface area contributed by atoms with Crippen molar-refractivity contribution in [3.05, 3.63) is 121 Å². The Kier molecular flexibility index (Phi) is 8.91. The number of anilines is 2. The summed E-state index contributed by atoms with van der Waals surface area (Å²) in [5.74, 6) is 0.600. The van der Waals surface area contributed by atoms with Crippen LogP contribution in [0, 0.1) is 0 Å². The van der Waals surface area contributed by atoms with E-state index >= 15 is 0 Å². The molecule has 2 amide bonds. The number of nitrogens with one attached hydrogen (secondary N) is 1. The van der Waals surface area contributed by atoms with Crippen LogP contribution in [0.15, 0.2) is 114 Å². The summed E-state index contributed by atoms with van der Waals surface area (Å²) >= 11 is 1.40. The van der Waals surface area contributed by atoms with Gasteiger partial charge in [-0.15, -0.1) is 0 Å². The number of rotatable bonds is 10. The molecule has 0 unspecified atom stereocenters. The third-order valence-electron chi connectivity index (χ3n) is 6.47. The molecule has 0 fully saturated rings. The van der Waals surface area contributed by atoms with Crippen LogP contribution in [0.3, 0.4) is 0 Å². The van der Waals surface area contributed by atoms with Gasteiger partial charge >= 0.3 is 133 Å². The van der Waals surface area contributed by atoms with Crippen molar-refractivity contribution in [2.45, 2.75) is 13.0 Å². The van der Waals surface area contributed by atoms with Crippen LogP contribution in [0.5, 0.6) is 0 Å². The predicted molar refractivity (Wildman–Crippen MR) is 158 cm³/mol. The van der Waals surface area contributed by atoms with Gasteiger partial charge in [-0.2, -0.15) is 0 Å². The summed E-state index contributed by atoms with van der Waals surface area (Å²) in [4.78, 5) is 36.7. The molecule has 2 aromatic heterocycles. The predicted octanol–water partition coefficient (Wildman–Crippen LogP) is 6.07. The molecule has 9 heteroatoms. The van der Waals surface area contributed by atoms with Crippen molar-refractivity contribution >= 4 is 38.9 Å². The third kappa shape index (κ3) is 6.56. The Bertz CT molecular complexity index is 1740. The summed E-state index contributed by atoms with van der Waals surface area (Å²) in [6, 6.07) is 22.0. The Balaban J connectivity index is 1.45. The number of nitrogens with zero attached hydrogens (tertiary/aromatic N) is 4. The van der Waals surface area contributed by atoms with Crippen LogP contribution in [0.25, 0.3) is 22.4 Å². The van der Waals surface area contributed by atoms with Gasteiger partial charge in [-0.05, 0) is 24.3 Å². The van der Waals surface area contributed by atoms with Crippen LogP contribution < -0.4 is 10.2 Å². The molecular weight excluding hydrogens is 686 g/mol. The van der Waals surface area contributed by atoms with Gasteiger partial charge in [0.05, 0.1) is 6.20 Å². The second-order valence-electron chi connectivity index (χ2n) is 9.13. The van der Waals surface area contributed by atoms with Gasteiger partial charge in [-0.25, -0.2) is 4.98 Å². The van der Waals surface area contributed by atoms with E-state index in [9.17, 15) is 9.59 Å². The minimum absolute atomic E-state index is 0.117. The van der Waals surface area contributed by atoms with Crippen molar-refractivity contribution in [3.8, 4) is 11.3 Å². The number of fused-ring (bicyclic) bond motifs is 1. The normalized spacial score (nSPS) is 11.3. The number of benzene rings is 3. The molecule has 0 saturated heterocycles. The zero-order valence-electron chi connectivity index (χ0n) is 22.3. The summed E-state index contributed by atoms with van der Waals surface area (Å²) in [5.41, 5.74) is 4.06. The minimum atomic E-state index is -0.293. The number of hydrogen-bond acceptors (Lipinski definition) is 5.